The van der Waals surface area contributed by atoms with Gasteiger partial charge in [-0.25, -0.2) is 9.36 Å². The zero-order valence-electron chi connectivity index (χ0n) is 8.41. The zero-order valence-corrected chi connectivity index (χ0v) is 9.92. The molecule has 3 aromatic rings. The first-order valence-electron chi connectivity index (χ1n) is 4.81. The van der Waals surface area contributed by atoms with Gasteiger partial charge in [-0.05, 0) is 35.9 Å². The van der Waals surface area contributed by atoms with Crippen molar-refractivity contribution in [3.63, 3.8) is 0 Å². The van der Waals surface area contributed by atoms with Crippen LogP contribution in [-0.2, 0) is 0 Å². The summed E-state index contributed by atoms with van der Waals surface area (Å²) in [6.45, 7) is 0. The van der Waals surface area contributed by atoms with Gasteiger partial charge >= 0.3 is 5.69 Å². The van der Waals surface area contributed by atoms with Gasteiger partial charge in [0.05, 0.1) is 11.0 Å². The number of hydrogen-bond acceptors (Lipinski definition) is 2. The Kier molecular flexibility index (Phi) is 2.28. The van der Waals surface area contributed by atoms with Gasteiger partial charge in [0, 0.05) is 11.1 Å². The maximum atomic E-state index is 11.8. The molecule has 0 aliphatic carbocycles. The van der Waals surface area contributed by atoms with Gasteiger partial charge in [0.25, 0.3) is 0 Å². The number of nitrogens with one attached hydrogen (secondary N) is 1. The molecule has 86 valence electrons. The Morgan fingerprint density at radius 2 is 2.00 bits per heavy atom. The Bertz CT molecular complexity index is 754. The summed E-state index contributed by atoms with van der Waals surface area (Å²) in [5.74, 6) is 0.369. The lowest BCUT2D eigenvalue weighted by Crippen LogP contribution is -2.13. The SMILES string of the molecule is O=c1[nH]c2cc(Cl)ccc2n1-c1ccc(Cl)o1. The van der Waals surface area contributed by atoms with E-state index in [4.69, 9.17) is 27.6 Å². The van der Waals surface area contributed by atoms with E-state index in [1.807, 2.05) is 0 Å². The lowest BCUT2D eigenvalue weighted by molar-refractivity contribution is 0.540. The number of aromatic nitrogens is 2. The minimum Gasteiger partial charge on any atom is -0.428 e. The van der Waals surface area contributed by atoms with Crippen LogP contribution in [0.5, 0.6) is 0 Å². The average Bonchev–Trinajstić information content (AvgIpc) is 2.80. The van der Waals surface area contributed by atoms with Crippen molar-refractivity contribution in [2.45, 2.75) is 0 Å². The molecular formula is C11H6Cl2N2O2. The number of aromatic amines is 1. The van der Waals surface area contributed by atoms with Crippen LogP contribution in [0.3, 0.4) is 0 Å². The first-order valence-corrected chi connectivity index (χ1v) is 5.57. The molecule has 0 fully saturated rings. The fourth-order valence-electron chi connectivity index (χ4n) is 1.73. The van der Waals surface area contributed by atoms with E-state index in [-0.39, 0.29) is 10.9 Å². The van der Waals surface area contributed by atoms with E-state index in [0.29, 0.717) is 21.9 Å². The Balaban J connectivity index is 2.36. The summed E-state index contributed by atoms with van der Waals surface area (Å²) in [5, 5.41) is 0.790. The third-order valence-electron chi connectivity index (χ3n) is 2.42. The van der Waals surface area contributed by atoms with Crippen molar-refractivity contribution >= 4 is 34.2 Å². The van der Waals surface area contributed by atoms with E-state index in [0.717, 1.165) is 0 Å². The number of halogens is 2. The second-order valence-corrected chi connectivity index (χ2v) is 4.31. The molecule has 1 N–H and O–H groups in total. The monoisotopic (exact) mass is 268 g/mol. The molecule has 4 nitrogen and oxygen atoms in total. The fourth-order valence-corrected chi connectivity index (χ4v) is 2.04. The molecule has 0 unspecified atom stereocenters. The van der Waals surface area contributed by atoms with Crippen LogP contribution in [-0.4, -0.2) is 9.55 Å². The second kappa shape index (κ2) is 3.68. The summed E-state index contributed by atoms with van der Waals surface area (Å²) in [6.07, 6.45) is 0. The van der Waals surface area contributed by atoms with Crippen molar-refractivity contribution in [1.29, 1.82) is 0 Å². The maximum absolute atomic E-state index is 11.8. The molecule has 0 amide bonds. The molecule has 0 aliphatic rings. The lowest BCUT2D eigenvalue weighted by atomic mass is 10.3. The highest BCUT2D eigenvalue weighted by molar-refractivity contribution is 6.31. The quantitative estimate of drug-likeness (QED) is 0.737. The number of furan rings is 1. The number of hydrogen-bond donors (Lipinski definition) is 1. The summed E-state index contributed by atoms with van der Waals surface area (Å²) in [5.41, 5.74) is 1.04. The van der Waals surface area contributed by atoms with Crippen molar-refractivity contribution in [2.24, 2.45) is 0 Å². The topological polar surface area (TPSA) is 50.9 Å². The van der Waals surface area contributed by atoms with Crippen LogP contribution in [0.4, 0.5) is 0 Å². The summed E-state index contributed by atoms with van der Waals surface area (Å²) in [7, 11) is 0. The minimum atomic E-state index is -0.298. The van der Waals surface area contributed by atoms with Crippen LogP contribution in [0.25, 0.3) is 16.9 Å². The summed E-state index contributed by atoms with van der Waals surface area (Å²) in [4.78, 5) is 14.5. The maximum Gasteiger partial charge on any atom is 0.333 e. The smallest absolute Gasteiger partial charge is 0.333 e. The standard InChI is InChI=1S/C11H6Cl2N2O2/c12-6-1-2-8-7(5-6)14-11(16)15(8)10-4-3-9(13)17-10/h1-5H,(H,14,16). The van der Waals surface area contributed by atoms with E-state index in [1.54, 1.807) is 30.3 Å². The van der Waals surface area contributed by atoms with E-state index >= 15 is 0 Å². The van der Waals surface area contributed by atoms with E-state index < -0.39 is 0 Å². The molecule has 0 atom stereocenters. The molecule has 0 saturated carbocycles. The van der Waals surface area contributed by atoms with Gasteiger partial charge < -0.3 is 9.40 Å². The van der Waals surface area contributed by atoms with Crippen LogP contribution < -0.4 is 5.69 Å². The molecule has 2 heterocycles. The number of rotatable bonds is 1. The van der Waals surface area contributed by atoms with E-state index in [1.165, 1.54) is 4.57 Å². The number of H-pyrrole nitrogens is 1. The van der Waals surface area contributed by atoms with Crippen molar-refractivity contribution < 1.29 is 4.42 Å². The van der Waals surface area contributed by atoms with Gasteiger partial charge in [-0.15, -0.1) is 0 Å². The third kappa shape index (κ3) is 1.66. The van der Waals surface area contributed by atoms with Crippen LogP contribution in [0.15, 0.2) is 39.5 Å². The van der Waals surface area contributed by atoms with Gasteiger partial charge in [-0.1, -0.05) is 11.6 Å². The van der Waals surface area contributed by atoms with Gasteiger partial charge in [0.1, 0.15) is 0 Å². The van der Waals surface area contributed by atoms with E-state index in [2.05, 4.69) is 4.98 Å². The largest absolute Gasteiger partial charge is 0.428 e. The summed E-state index contributed by atoms with van der Waals surface area (Å²) >= 11 is 11.5. The average molecular weight is 269 g/mol. The molecule has 0 spiro atoms. The molecule has 1 aromatic carbocycles. The van der Waals surface area contributed by atoms with Gasteiger partial charge in [0.2, 0.25) is 5.88 Å². The van der Waals surface area contributed by atoms with Crippen molar-refractivity contribution in [2.75, 3.05) is 0 Å². The predicted octanol–water partition coefficient (Wildman–Crippen LogP) is 3.22. The molecule has 0 saturated heterocycles. The molecule has 0 radical (unpaired) electrons. The molecule has 3 rings (SSSR count). The zero-order chi connectivity index (χ0) is 12.0. The van der Waals surface area contributed by atoms with Crippen LogP contribution >= 0.6 is 23.2 Å². The highest BCUT2D eigenvalue weighted by Gasteiger charge is 2.11. The number of fused-ring (bicyclic) bond motifs is 1. The van der Waals surface area contributed by atoms with Crippen molar-refractivity contribution in [3.8, 4) is 5.88 Å². The predicted molar refractivity (Wildman–Crippen MR) is 66.2 cm³/mol. The third-order valence-corrected chi connectivity index (χ3v) is 2.86. The minimum absolute atomic E-state index is 0.232. The Morgan fingerprint density at radius 3 is 2.71 bits per heavy atom. The molecule has 0 bridgehead atoms. The van der Waals surface area contributed by atoms with Crippen molar-refractivity contribution in [1.82, 2.24) is 9.55 Å². The van der Waals surface area contributed by atoms with Gasteiger partial charge in [0.15, 0.2) is 5.22 Å². The Morgan fingerprint density at radius 1 is 1.18 bits per heavy atom. The first kappa shape index (κ1) is 10.5. The molecule has 2 aromatic heterocycles. The molecule has 6 heteroatoms. The molecular weight excluding hydrogens is 263 g/mol. The van der Waals surface area contributed by atoms with Gasteiger partial charge in [-0.2, -0.15) is 0 Å². The highest BCUT2D eigenvalue weighted by atomic mass is 35.5. The highest BCUT2D eigenvalue weighted by Crippen LogP contribution is 2.22. The van der Waals surface area contributed by atoms with Gasteiger partial charge in [-0.3, -0.25) is 0 Å². The van der Waals surface area contributed by atoms with Crippen molar-refractivity contribution in [3.05, 3.63) is 51.1 Å². The number of imidazole rings is 1. The first-order chi connectivity index (χ1) is 8.15. The summed E-state index contributed by atoms with van der Waals surface area (Å²) in [6, 6.07) is 8.34. The summed E-state index contributed by atoms with van der Waals surface area (Å²) < 4.78 is 6.62. The lowest BCUT2D eigenvalue weighted by Gasteiger charge is -1.97. The van der Waals surface area contributed by atoms with Crippen LogP contribution in [0.1, 0.15) is 0 Å². The number of benzene rings is 1. The Hall–Kier alpha value is -1.65. The van der Waals surface area contributed by atoms with E-state index in [9.17, 15) is 4.79 Å². The fraction of sp³-hybridized carbons (Fsp3) is 0. The Labute approximate surface area is 105 Å². The number of nitrogens with zero attached hydrogens (tertiary/aromatic N) is 1. The van der Waals surface area contributed by atoms with Crippen LogP contribution in [0.2, 0.25) is 10.2 Å². The molecule has 0 aliphatic heterocycles. The normalized spacial score (nSPS) is 11.2. The second-order valence-electron chi connectivity index (χ2n) is 3.50. The molecule has 17 heavy (non-hydrogen) atoms. The van der Waals surface area contributed by atoms with Crippen LogP contribution in [0, 0.1) is 0 Å².